The highest BCUT2D eigenvalue weighted by atomic mass is 79.9. The lowest BCUT2D eigenvalue weighted by Crippen LogP contribution is -2.07. The fraction of sp³-hybridized carbons (Fsp3) is 0.200. The highest BCUT2D eigenvalue weighted by Gasteiger charge is 2.23. The molecule has 1 atom stereocenters. The van der Waals surface area contributed by atoms with Crippen molar-refractivity contribution in [3.63, 3.8) is 0 Å². The number of anilines is 1. The van der Waals surface area contributed by atoms with Gasteiger partial charge < -0.3 is 10.4 Å². The molecule has 19 heavy (non-hydrogen) atoms. The van der Waals surface area contributed by atoms with Crippen LogP contribution in [0.5, 0.6) is 5.75 Å². The van der Waals surface area contributed by atoms with E-state index < -0.39 is 0 Å². The predicted molar refractivity (Wildman–Crippen MR) is 81.9 cm³/mol. The third-order valence-corrected chi connectivity index (χ3v) is 4.36. The van der Waals surface area contributed by atoms with Crippen molar-refractivity contribution in [1.29, 1.82) is 0 Å². The number of phenols is 1. The molecule has 98 valence electrons. The Kier molecular flexibility index (Phi) is 3.42. The minimum atomic E-state index is 0.285. The van der Waals surface area contributed by atoms with Gasteiger partial charge in [0.2, 0.25) is 0 Å². The van der Waals surface area contributed by atoms with Gasteiger partial charge in [0, 0.05) is 15.2 Å². The second-order valence-corrected chi connectivity index (χ2v) is 6.03. The Labute approximate surface area is 125 Å². The van der Waals surface area contributed by atoms with Crippen LogP contribution in [-0.2, 0) is 6.42 Å². The van der Waals surface area contributed by atoms with Gasteiger partial charge in [-0.1, -0.05) is 17.7 Å². The molecule has 0 spiro atoms. The number of nitrogens with one attached hydrogen (secondary N) is 1. The van der Waals surface area contributed by atoms with Crippen LogP contribution in [0.15, 0.2) is 40.9 Å². The first-order valence-corrected chi connectivity index (χ1v) is 7.34. The van der Waals surface area contributed by atoms with Crippen LogP contribution < -0.4 is 5.32 Å². The van der Waals surface area contributed by atoms with Crippen molar-refractivity contribution in [2.75, 3.05) is 5.32 Å². The molecule has 0 aliphatic heterocycles. The average Bonchev–Trinajstić information content (AvgIpc) is 2.75. The zero-order valence-electron chi connectivity index (χ0n) is 10.2. The standard InChI is InChI=1S/C15H13BrClNO/c16-13-8-10(17)2-6-15(13)18-14-5-1-9-7-11(19)3-4-12(9)14/h2-4,6-8,14,18-19H,1,5H2. The first-order chi connectivity index (χ1) is 9.13. The van der Waals surface area contributed by atoms with E-state index in [-0.39, 0.29) is 6.04 Å². The molecule has 2 aromatic rings. The summed E-state index contributed by atoms with van der Waals surface area (Å²) in [5, 5.41) is 13.7. The number of aryl methyl sites for hydroxylation is 1. The van der Waals surface area contributed by atoms with E-state index in [9.17, 15) is 5.11 Å². The molecule has 1 aliphatic carbocycles. The van der Waals surface area contributed by atoms with Crippen molar-refractivity contribution >= 4 is 33.2 Å². The average molecular weight is 339 g/mol. The van der Waals surface area contributed by atoms with Gasteiger partial charge in [-0.3, -0.25) is 0 Å². The Balaban J connectivity index is 1.86. The van der Waals surface area contributed by atoms with Crippen molar-refractivity contribution in [2.24, 2.45) is 0 Å². The molecular formula is C15H13BrClNO. The number of phenolic OH excluding ortho intramolecular Hbond substituents is 1. The Morgan fingerprint density at radius 2 is 2.05 bits per heavy atom. The van der Waals surface area contributed by atoms with Crippen LogP contribution in [0.2, 0.25) is 5.02 Å². The molecule has 0 radical (unpaired) electrons. The Hall–Kier alpha value is -1.19. The van der Waals surface area contributed by atoms with Crippen molar-refractivity contribution in [2.45, 2.75) is 18.9 Å². The topological polar surface area (TPSA) is 32.3 Å². The van der Waals surface area contributed by atoms with Crippen molar-refractivity contribution in [1.82, 2.24) is 0 Å². The van der Waals surface area contributed by atoms with Crippen LogP contribution in [0, 0.1) is 0 Å². The largest absolute Gasteiger partial charge is 0.508 e. The molecular weight excluding hydrogens is 326 g/mol. The monoisotopic (exact) mass is 337 g/mol. The van der Waals surface area contributed by atoms with E-state index in [4.69, 9.17) is 11.6 Å². The number of fused-ring (bicyclic) bond motifs is 1. The van der Waals surface area contributed by atoms with Gasteiger partial charge in [0.15, 0.2) is 0 Å². The zero-order chi connectivity index (χ0) is 13.4. The molecule has 1 unspecified atom stereocenters. The van der Waals surface area contributed by atoms with E-state index in [0.29, 0.717) is 10.8 Å². The van der Waals surface area contributed by atoms with Crippen LogP contribution in [0.1, 0.15) is 23.6 Å². The van der Waals surface area contributed by atoms with Gasteiger partial charge in [-0.25, -0.2) is 0 Å². The first-order valence-electron chi connectivity index (χ1n) is 6.17. The normalized spacial score (nSPS) is 17.3. The lowest BCUT2D eigenvalue weighted by molar-refractivity contribution is 0.474. The van der Waals surface area contributed by atoms with E-state index in [1.807, 2.05) is 30.3 Å². The summed E-state index contributed by atoms with van der Waals surface area (Å²) in [6.07, 6.45) is 2.03. The summed E-state index contributed by atoms with van der Waals surface area (Å²) in [5.41, 5.74) is 3.53. The van der Waals surface area contributed by atoms with Gasteiger partial charge in [-0.15, -0.1) is 0 Å². The molecule has 4 heteroatoms. The van der Waals surface area contributed by atoms with E-state index >= 15 is 0 Å². The molecule has 3 rings (SSSR count). The quantitative estimate of drug-likeness (QED) is 0.815. The van der Waals surface area contributed by atoms with Gasteiger partial charge in [0.25, 0.3) is 0 Å². The van der Waals surface area contributed by atoms with Crippen LogP contribution in [0.3, 0.4) is 0 Å². The number of hydrogen-bond donors (Lipinski definition) is 2. The summed E-state index contributed by atoms with van der Waals surface area (Å²) in [5.74, 6) is 0.340. The third-order valence-electron chi connectivity index (χ3n) is 3.47. The summed E-state index contributed by atoms with van der Waals surface area (Å²) in [6.45, 7) is 0. The van der Waals surface area contributed by atoms with Gasteiger partial charge in [0.1, 0.15) is 5.75 Å². The van der Waals surface area contributed by atoms with E-state index in [2.05, 4.69) is 21.2 Å². The maximum atomic E-state index is 9.50. The fourth-order valence-corrected chi connectivity index (χ4v) is 3.35. The van der Waals surface area contributed by atoms with Crippen LogP contribution in [0.4, 0.5) is 5.69 Å². The molecule has 2 nitrogen and oxygen atoms in total. The molecule has 0 saturated carbocycles. The molecule has 1 aliphatic rings. The summed E-state index contributed by atoms with van der Waals surface area (Å²) in [6, 6.07) is 11.6. The van der Waals surface area contributed by atoms with Crippen LogP contribution >= 0.6 is 27.5 Å². The fourth-order valence-electron chi connectivity index (χ4n) is 2.55. The SMILES string of the molecule is Oc1ccc2c(c1)CCC2Nc1ccc(Cl)cc1Br. The van der Waals surface area contributed by atoms with Crippen LogP contribution in [0.25, 0.3) is 0 Å². The molecule has 2 N–H and O–H groups in total. The predicted octanol–water partition coefficient (Wildman–Crippen LogP) is 4.91. The molecule has 0 fully saturated rings. The highest BCUT2D eigenvalue weighted by Crippen LogP contribution is 2.37. The molecule has 0 saturated heterocycles. The minimum absolute atomic E-state index is 0.285. The zero-order valence-corrected chi connectivity index (χ0v) is 12.5. The second kappa shape index (κ2) is 5.06. The van der Waals surface area contributed by atoms with E-state index in [0.717, 1.165) is 23.0 Å². The first kappa shape index (κ1) is 12.8. The van der Waals surface area contributed by atoms with Crippen molar-refractivity contribution < 1.29 is 5.11 Å². The number of hydrogen-bond acceptors (Lipinski definition) is 2. The maximum absolute atomic E-state index is 9.50. The van der Waals surface area contributed by atoms with Crippen LogP contribution in [-0.4, -0.2) is 5.11 Å². The molecule has 0 bridgehead atoms. The lowest BCUT2D eigenvalue weighted by atomic mass is 10.1. The summed E-state index contributed by atoms with van der Waals surface area (Å²) >= 11 is 9.47. The van der Waals surface area contributed by atoms with Gasteiger partial charge in [-0.05, 0) is 70.2 Å². The number of halogens is 2. The Morgan fingerprint density at radius 1 is 1.21 bits per heavy atom. The third kappa shape index (κ3) is 2.58. The van der Waals surface area contributed by atoms with Crippen molar-refractivity contribution in [3.8, 4) is 5.75 Å². The van der Waals surface area contributed by atoms with Gasteiger partial charge in [-0.2, -0.15) is 0 Å². The number of aromatic hydroxyl groups is 1. The Bertz CT molecular complexity index is 630. The second-order valence-electron chi connectivity index (χ2n) is 4.74. The molecule has 0 heterocycles. The molecule has 0 aromatic heterocycles. The summed E-state index contributed by atoms with van der Waals surface area (Å²) < 4.78 is 0.965. The maximum Gasteiger partial charge on any atom is 0.115 e. The van der Waals surface area contributed by atoms with Crippen molar-refractivity contribution in [3.05, 3.63) is 57.0 Å². The van der Waals surface area contributed by atoms with Gasteiger partial charge >= 0.3 is 0 Å². The van der Waals surface area contributed by atoms with Gasteiger partial charge in [0.05, 0.1) is 6.04 Å². The van der Waals surface area contributed by atoms with E-state index in [1.54, 1.807) is 6.07 Å². The smallest absolute Gasteiger partial charge is 0.115 e. The number of benzene rings is 2. The Morgan fingerprint density at radius 3 is 2.84 bits per heavy atom. The molecule has 0 amide bonds. The lowest BCUT2D eigenvalue weighted by Gasteiger charge is -2.17. The number of rotatable bonds is 2. The summed E-state index contributed by atoms with van der Waals surface area (Å²) in [7, 11) is 0. The minimum Gasteiger partial charge on any atom is -0.508 e. The highest BCUT2D eigenvalue weighted by molar-refractivity contribution is 9.10. The van der Waals surface area contributed by atoms with E-state index in [1.165, 1.54) is 11.1 Å². The summed E-state index contributed by atoms with van der Waals surface area (Å²) in [4.78, 5) is 0. The molecule has 2 aromatic carbocycles.